The molecule has 0 bridgehead atoms. The number of carbonyl (C=O) groups is 1. The van der Waals surface area contributed by atoms with Crippen molar-refractivity contribution in [1.29, 1.82) is 0 Å². The van der Waals surface area contributed by atoms with E-state index in [1.54, 1.807) is 0 Å². The number of aliphatic hydroxyl groups is 1. The summed E-state index contributed by atoms with van der Waals surface area (Å²) in [5.74, 6) is 1.35. The molecule has 4 nitrogen and oxygen atoms in total. The van der Waals surface area contributed by atoms with Gasteiger partial charge >= 0.3 is 0 Å². The lowest BCUT2D eigenvalue weighted by Crippen LogP contribution is -2.42. The van der Waals surface area contributed by atoms with Crippen LogP contribution in [0.2, 0.25) is 0 Å². The monoisotopic (exact) mass is 256 g/mol. The maximum atomic E-state index is 11.9. The van der Waals surface area contributed by atoms with Gasteiger partial charge in [0.15, 0.2) is 0 Å². The number of aliphatic hydroxyl groups excluding tert-OH is 1. The van der Waals surface area contributed by atoms with Crippen molar-refractivity contribution >= 4 is 5.91 Å². The number of rotatable bonds is 6. The van der Waals surface area contributed by atoms with Crippen molar-refractivity contribution in [3.63, 3.8) is 0 Å². The number of piperidine rings is 1. The van der Waals surface area contributed by atoms with Gasteiger partial charge in [-0.2, -0.15) is 0 Å². The van der Waals surface area contributed by atoms with Crippen LogP contribution >= 0.6 is 0 Å². The zero-order valence-electron chi connectivity index (χ0n) is 11.9. The Balaban J connectivity index is 2.34. The third-order valence-electron chi connectivity index (χ3n) is 3.99. The van der Waals surface area contributed by atoms with E-state index in [9.17, 15) is 9.90 Å². The zero-order chi connectivity index (χ0) is 13.5. The van der Waals surface area contributed by atoms with E-state index in [0.29, 0.717) is 18.3 Å². The fourth-order valence-electron chi connectivity index (χ4n) is 2.51. The second-order valence-electron chi connectivity index (χ2n) is 5.89. The first-order valence-electron chi connectivity index (χ1n) is 7.15. The molecule has 4 heteroatoms. The maximum absolute atomic E-state index is 11.9. The van der Waals surface area contributed by atoms with Crippen molar-refractivity contribution in [2.45, 2.75) is 46.1 Å². The Bertz CT molecular complexity index is 250. The van der Waals surface area contributed by atoms with Gasteiger partial charge in [-0.15, -0.1) is 0 Å². The van der Waals surface area contributed by atoms with Gasteiger partial charge in [-0.3, -0.25) is 4.79 Å². The van der Waals surface area contributed by atoms with Crippen LogP contribution < -0.4 is 10.6 Å². The molecule has 1 aliphatic heterocycles. The van der Waals surface area contributed by atoms with E-state index in [1.807, 2.05) is 13.8 Å². The van der Waals surface area contributed by atoms with E-state index < -0.39 is 0 Å². The lowest BCUT2D eigenvalue weighted by molar-refractivity contribution is -0.123. The second-order valence-corrected chi connectivity index (χ2v) is 5.89. The molecule has 1 amide bonds. The van der Waals surface area contributed by atoms with E-state index in [0.717, 1.165) is 13.1 Å². The Kier molecular flexibility index (Phi) is 6.65. The van der Waals surface area contributed by atoms with E-state index >= 15 is 0 Å². The van der Waals surface area contributed by atoms with Crippen molar-refractivity contribution in [3.8, 4) is 0 Å². The highest BCUT2D eigenvalue weighted by atomic mass is 16.3. The molecule has 1 rings (SSSR count). The lowest BCUT2D eigenvalue weighted by Gasteiger charge is -2.28. The molecular weight excluding hydrogens is 228 g/mol. The summed E-state index contributed by atoms with van der Waals surface area (Å²) in [6.45, 7) is 8.33. The minimum absolute atomic E-state index is 0.0166. The molecule has 106 valence electrons. The SMILES string of the molecule is CC(CC(=O)N[C@H](CO)C(C)C)C1CCCNC1. The number of hydrogen-bond donors (Lipinski definition) is 3. The molecular formula is C14H28N2O2. The van der Waals surface area contributed by atoms with Crippen molar-refractivity contribution in [3.05, 3.63) is 0 Å². The van der Waals surface area contributed by atoms with E-state index in [1.165, 1.54) is 12.8 Å². The van der Waals surface area contributed by atoms with Crippen molar-refractivity contribution in [2.75, 3.05) is 19.7 Å². The van der Waals surface area contributed by atoms with E-state index in [4.69, 9.17) is 0 Å². The molecule has 1 heterocycles. The number of hydrogen-bond acceptors (Lipinski definition) is 3. The van der Waals surface area contributed by atoms with Gasteiger partial charge in [0.1, 0.15) is 0 Å². The Hall–Kier alpha value is -0.610. The first-order chi connectivity index (χ1) is 8.54. The summed E-state index contributed by atoms with van der Waals surface area (Å²) in [6.07, 6.45) is 2.99. The predicted octanol–water partition coefficient (Wildman–Crippen LogP) is 1.15. The van der Waals surface area contributed by atoms with Crippen LogP contribution in [-0.4, -0.2) is 36.8 Å². The van der Waals surface area contributed by atoms with Gasteiger partial charge in [0.25, 0.3) is 0 Å². The molecule has 3 N–H and O–H groups in total. The third kappa shape index (κ3) is 4.94. The largest absolute Gasteiger partial charge is 0.394 e. The van der Waals surface area contributed by atoms with Gasteiger partial charge in [-0.25, -0.2) is 0 Å². The summed E-state index contributed by atoms with van der Waals surface area (Å²) in [6, 6.07) is -0.116. The minimum Gasteiger partial charge on any atom is -0.394 e. The molecule has 2 unspecified atom stereocenters. The highest BCUT2D eigenvalue weighted by Crippen LogP contribution is 2.22. The normalized spacial score (nSPS) is 23.7. The van der Waals surface area contributed by atoms with Crippen LogP contribution in [0, 0.1) is 17.8 Å². The second kappa shape index (κ2) is 7.74. The molecule has 1 saturated heterocycles. The van der Waals surface area contributed by atoms with Gasteiger partial charge in [0, 0.05) is 6.42 Å². The average Bonchev–Trinajstić information content (AvgIpc) is 2.36. The number of amides is 1. The van der Waals surface area contributed by atoms with E-state index in [2.05, 4.69) is 17.6 Å². The summed E-state index contributed by atoms with van der Waals surface area (Å²) in [5.41, 5.74) is 0. The molecule has 0 aromatic carbocycles. The molecule has 0 radical (unpaired) electrons. The quantitative estimate of drug-likeness (QED) is 0.668. The fourth-order valence-corrected chi connectivity index (χ4v) is 2.51. The Labute approximate surface area is 111 Å². The van der Waals surface area contributed by atoms with Gasteiger partial charge in [0.05, 0.1) is 12.6 Å². The van der Waals surface area contributed by atoms with Crippen LogP contribution in [0.15, 0.2) is 0 Å². The summed E-state index contributed by atoms with van der Waals surface area (Å²) in [5, 5.41) is 15.5. The minimum atomic E-state index is -0.116. The molecule has 3 atom stereocenters. The van der Waals surface area contributed by atoms with Crippen LogP contribution in [0.4, 0.5) is 0 Å². The molecule has 1 aliphatic rings. The number of nitrogens with one attached hydrogen (secondary N) is 2. The molecule has 18 heavy (non-hydrogen) atoms. The topological polar surface area (TPSA) is 61.4 Å². The molecule has 0 aromatic rings. The van der Waals surface area contributed by atoms with Crippen LogP contribution in [0.3, 0.4) is 0 Å². The van der Waals surface area contributed by atoms with Crippen molar-refractivity contribution in [2.24, 2.45) is 17.8 Å². The fraction of sp³-hybridized carbons (Fsp3) is 0.929. The molecule has 1 fully saturated rings. The molecule has 0 saturated carbocycles. The van der Waals surface area contributed by atoms with Crippen molar-refractivity contribution < 1.29 is 9.90 Å². The van der Waals surface area contributed by atoms with Crippen LogP contribution in [0.5, 0.6) is 0 Å². The Morgan fingerprint density at radius 2 is 2.17 bits per heavy atom. The summed E-state index contributed by atoms with van der Waals surface area (Å²) >= 11 is 0. The summed E-state index contributed by atoms with van der Waals surface area (Å²) < 4.78 is 0. The van der Waals surface area contributed by atoms with Gasteiger partial charge in [-0.05, 0) is 43.7 Å². The van der Waals surface area contributed by atoms with Crippen LogP contribution in [0.1, 0.15) is 40.0 Å². The van der Waals surface area contributed by atoms with Gasteiger partial charge in [0.2, 0.25) is 5.91 Å². The highest BCUT2D eigenvalue weighted by Gasteiger charge is 2.23. The Morgan fingerprint density at radius 1 is 1.44 bits per heavy atom. The van der Waals surface area contributed by atoms with Crippen LogP contribution in [-0.2, 0) is 4.79 Å². The first-order valence-corrected chi connectivity index (χ1v) is 7.15. The third-order valence-corrected chi connectivity index (χ3v) is 3.99. The van der Waals surface area contributed by atoms with Crippen LogP contribution in [0.25, 0.3) is 0 Å². The smallest absolute Gasteiger partial charge is 0.220 e. The average molecular weight is 256 g/mol. The predicted molar refractivity (Wildman–Crippen MR) is 73.2 cm³/mol. The molecule has 0 aromatic heterocycles. The Morgan fingerprint density at radius 3 is 2.67 bits per heavy atom. The molecule has 0 spiro atoms. The zero-order valence-corrected chi connectivity index (χ0v) is 11.9. The highest BCUT2D eigenvalue weighted by molar-refractivity contribution is 5.76. The maximum Gasteiger partial charge on any atom is 0.220 e. The molecule has 0 aliphatic carbocycles. The van der Waals surface area contributed by atoms with E-state index in [-0.39, 0.29) is 24.5 Å². The van der Waals surface area contributed by atoms with Gasteiger partial charge in [-0.1, -0.05) is 20.8 Å². The standard InChI is InChI=1S/C14H28N2O2/c1-10(2)13(9-17)16-14(18)7-11(3)12-5-4-6-15-8-12/h10-13,15,17H,4-9H2,1-3H3,(H,16,18)/t11?,12?,13-/m1/s1. The first kappa shape index (κ1) is 15.4. The number of carbonyl (C=O) groups excluding carboxylic acids is 1. The summed E-state index contributed by atoms with van der Waals surface area (Å²) in [4.78, 5) is 11.9. The van der Waals surface area contributed by atoms with Crippen molar-refractivity contribution in [1.82, 2.24) is 10.6 Å². The summed E-state index contributed by atoms with van der Waals surface area (Å²) in [7, 11) is 0. The lowest BCUT2D eigenvalue weighted by atomic mass is 9.85. The van der Waals surface area contributed by atoms with Gasteiger partial charge < -0.3 is 15.7 Å².